The van der Waals surface area contributed by atoms with Gasteiger partial charge in [0.15, 0.2) is 0 Å². The van der Waals surface area contributed by atoms with E-state index in [-0.39, 0.29) is 17.9 Å². The lowest BCUT2D eigenvalue weighted by atomic mass is 10.1. The highest BCUT2D eigenvalue weighted by Crippen LogP contribution is 2.32. The number of hydrogen-bond acceptors (Lipinski definition) is 4. The summed E-state index contributed by atoms with van der Waals surface area (Å²) in [6.45, 7) is 1.55. The third-order valence-electron chi connectivity index (χ3n) is 6.29. The third-order valence-corrected chi connectivity index (χ3v) is 6.29. The van der Waals surface area contributed by atoms with Crippen LogP contribution in [0.2, 0.25) is 0 Å². The Labute approximate surface area is 187 Å². The minimum atomic E-state index is -0.0120. The van der Waals surface area contributed by atoms with Crippen molar-refractivity contribution in [2.45, 2.75) is 31.8 Å². The number of piperidine rings is 1. The third kappa shape index (κ3) is 4.07. The summed E-state index contributed by atoms with van der Waals surface area (Å²) in [7, 11) is 3.50. The van der Waals surface area contributed by atoms with Crippen LogP contribution in [0.1, 0.15) is 36.0 Å². The summed E-state index contributed by atoms with van der Waals surface area (Å²) in [6, 6.07) is 11.6. The number of carbonyl (C=O) groups excluding carboxylic acids is 2. The Morgan fingerprint density at radius 2 is 1.81 bits per heavy atom. The van der Waals surface area contributed by atoms with Gasteiger partial charge in [0.2, 0.25) is 5.91 Å². The Hall–Kier alpha value is -3.35. The molecule has 1 saturated heterocycles. The molecule has 3 aromatic rings. The van der Waals surface area contributed by atoms with E-state index in [4.69, 9.17) is 4.74 Å². The zero-order valence-electron chi connectivity index (χ0n) is 18.5. The van der Waals surface area contributed by atoms with E-state index < -0.39 is 0 Å². The van der Waals surface area contributed by atoms with E-state index in [1.54, 1.807) is 25.2 Å². The monoisotopic (exact) mass is 432 g/mol. The number of carbonyl (C=O) groups is 2. The van der Waals surface area contributed by atoms with Crippen LogP contribution in [-0.2, 0) is 4.79 Å². The van der Waals surface area contributed by atoms with Gasteiger partial charge >= 0.3 is 0 Å². The molecule has 5 rings (SSSR count). The van der Waals surface area contributed by atoms with Gasteiger partial charge in [-0.05, 0) is 49.2 Å². The first-order chi connectivity index (χ1) is 15.5. The minimum Gasteiger partial charge on any atom is -0.489 e. The first-order valence-corrected chi connectivity index (χ1v) is 11.2. The Bertz CT molecular complexity index is 1140. The van der Waals surface area contributed by atoms with E-state index >= 15 is 0 Å². The molecule has 0 unspecified atom stereocenters. The molecule has 0 radical (unpaired) electrons. The fraction of sp³-hybridized carbons (Fsp3) is 0.400. The second kappa shape index (κ2) is 8.30. The highest BCUT2D eigenvalue weighted by molar-refractivity contribution is 5.98. The summed E-state index contributed by atoms with van der Waals surface area (Å²) in [4.78, 5) is 32.6. The maximum Gasteiger partial charge on any atom is 0.253 e. The van der Waals surface area contributed by atoms with Crippen LogP contribution >= 0.6 is 0 Å². The summed E-state index contributed by atoms with van der Waals surface area (Å²) in [5.74, 6) is 2.14. The molecule has 2 fully saturated rings. The minimum absolute atomic E-state index is 0.0120. The Morgan fingerprint density at radius 1 is 1.03 bits per heavy atom. The van der Waals surface area contributed by atoms with E-state index in [9.17, 15) is 9.59 Å². The zero-order valence-corrected chi connectivity index (χ0v) is 18.5. The van der Waals surface area contributed by atoms with Crippen molar-refractivity contribution in [1.29, 1.82) is 0 Å². The van der Waals surface area contributed by atoms with Crippen molar-refractivity contribution in [2.75, 3.05) is 27.2 Å². The first kappa shape index (κ1) is 20.5. The predicted molar refractivity (Wildman–Crippen MR) is 122 cm³/mol. The maximum atomic E-state index is 12.2. The van der Waals surface area contributed by atoms with Crippen LogP contribution in [0, 0.1) is 5.92 Å². The second-order valence-electron chi connectivity index (χ2n) is 8.93. The Kier molecular flexibility index (Phi) is 5.33. The van der Waals surface area contributed by atoms with Crippen LogP contribution in [-0.4, -0.2) is 64.5 Å². The SMILES string of the molecule is CN(C)C(=O)c1ccc2c(ccn2-c2ccc(OC3CCN(C(=O)C4CC4)CC3)cn2)c1. The van der Waals surface area contributed by atoms with Crippen molar-refractivity contribution < 1.29 is 14.3 Å². The fourth-order valence-corrected chi connectivity index (χ4v) is 4.29. The van der Waals surface area contributed by atoms with Crippen molar-refractivity contribution in [3.63, 3.8) is 0 Å². The summed E-state index contributed by atoms with van der Waals surface area (Å²) in [6.07, 6.45) is 7.66. The lowest BCUT2D eigenvalue weighted by Crippen LogP contribution is -2.42. The molecule has 1 aliphatic carbocycles. The molecular weight excluding hydrogens is 404 g/mol. The summed E-state index contributed by atoms with van der Waals surface area (Å²) in [5, 5.41) is 0.993. The molecule has 0 bridgehead atoms. The highest BCUT2D eigenvalue weighted by atomic mass is 16.5. The van der Waals surface area contributed by atoms with Gasteiger partial charge < -0.3 is 19.1 Å². The summed E-state index contributed by atoms with van der Waals surface area (Å²) in [5.41, 5.74) is 1.66. The molecule has 1 saturated carbocycles. The van der Waals surface area contributed by atoms with Crippen LogP contribution in [0.3, 0.4) is 0 Å². The molecule has 166 valence electrons. The van der Waals surface area contributed by atoms with Gasteiger partial charge in [-0.2, -0.15) is 0 Å². The molecule has 7 nitrogen and oxygen atoms in total. The van der Waals surface area contributed by atoms with Gasteiger partial charge in [-0.25, -0.2) is 4.98 Å². The highest BCUT2D eigenvalue weighted by Gasteiger charge is 2.35. The molecule has 3 heterocycles. The van der Waals surface area contributed by atoms with Crippen molar-refractivity contribution in [1.82, 2.24) is 19.4 Å². The molecule has 2 aliphatic rings. The number of fused-ring (bicyclic) bond motifs is 1. The number of hydrogen-bond donors (Lipinski definition) is 0. The van der Waals surface area contributed by atoms with Crippen LogP contribution in [0.4, 0.5) is 0 Å². The Morgan fingerprint density at radius 3 is 2.47 bits per heavy atom. The number of likely N-dealkylation sites (tertiary alicyclic amines) is 1. The maximum absolute atomic E-state index is 12.2. The molecule has 2 aromatic heterocycles. The molecule has 0 N–H and O–H groups in total. The van der Waals surface area contributed by atoms with Gasteiger partial charge in [-0.15, -0.1) is 0 Å². The molecule has 2 amide bonds. The molecular formula is C25H28N4O3. The number of pyridine rings is 1. The predicted octanol–water partition coefficient (Wildman–Crippen LogP) is 3.51. The van der Waals surface area contributed by atoms with Crippen molar-refractivity contribution >= 4 is 22.7 Å². The number of amides is 2. The number of rotatable bonds is 5. The molecule has 0 spiro atoms. The van der Waals surface area contributed by atoms with Crippen LogP contribution in [0.15, 0.2) is 48.8 Å². The topological polar surface area (TPSA) is 67.7 Å². The molecule has 1 aromatic carbocycles. The van der Waals surface area contributed by atoms with Crippen LogP contribution in [0.25, 0.3) is 16.7 Å². The van der Waals surface area contributed by atoms with E-state index in [0.29, 0.717) is 11.5 Å². The second-order valence-corrected chi connectivity index (χ2v) is 8.93. The van der Waals surface area contributed by atoms with Gasteiger partial charge in [0.05, 0.1) is 11.7 Å². The number of benzene rings is 1. The standard InChI is InChI=1S/C25H28N4O3/c1-27(2)24(30)19-5-7-22-18(15-19)9-14-29(22)23-8-6-21(16-26-23)32-20-10-12-28(13-11-20)25(31)17-3-4-17/h5-9,14-17,20H,3-4,10-13H2,1-2H3. The van der Waals surface area contributed by atoms with Gasteiger partial charge in [0, 0.05) is 63.1 Å². The summed E-state index contributed by atoms with van der Waals surface area (Å²) < 4.78 is 8.14. The summed E-state index contributed by atoms with van der Waals surface area (Å²) >= 11 is 0. The van der Waals surface area contributed by atoms with Crippen molar-refractivity contribution in [3.05, 3.63) is 54.4 Å². The fourth-order valence-electron chi connectivity index (χ4n) is 4.29. The van der Waals surface area contributed by atoms with Crippen molar-refractivity contribution in [2.24, 2.45) is 5.92 Å². The van der Waals surface area contributed by atoms with E-state index in [1.807, 2.05) is 52.1 Å². The smallest absolute Gasteiger partial charge is 0.253 e. The average Bonchev–Trinajstić information content (AvgIpc) is 3.58. The average molecular weight is 433 g/mol. The molecule has 0 atom stereocenters. The van der Waals surface area contributed by atoms with Crippen molar-refractivity contribution in [3.8, 4) is 11.6 Å². The Balaban J connectivity index is 1.24. The zero-order chi connectivity index (χ0) is 22.2. The van der Waals surface area contributed by atoms with Crippen LogP contribution in [0.5, 0.6) is 5.75 Å². The normalized spacial score (nSPS) is 16.9. The number of aromatic nitrogens is 2. The molecule has 7 heteroatoms. The quantitative estimate of drug-likeness (QED) is 0.619. The lowest BCUT2D eigenvalue weighted by molar-refractivity contribution is -0.134. The molecule has 1 aliphatic heterocycles. The van der Waals surface area contributed by atoms with E-state index in [2.05, 4.69) is 4.98 Å². The largest absolute Gasteiger partial charge is 0.489 e. The lowest BCUT2D eigenvalue weighted by Gasteiger charge is -2.32. The van der Waals surface area contributed by atoms with E-state index in [0.717, 1.165) is 61.2 Å². The number of nitrogens with zero attached hydrogens (tertiary/aromatic N) is 4. The van der Waals surface area contributed by atoms with Crippen LogP contribution < -0.4 is 4.74 Å². The first-order valence-electron chi connectivity index (χ1n) is 11.2. The van der Waals surface area contributed by atoms with Gasteiger partial charge in [0.25, 0.3) is 5.91 Å². The van der Waals surface area contributed by atoms with Gasteiger partial charge in [-0.3, -0.25) is 9.59 Å². The van der Waals surface area contributed by atoms with E-state index in [1.165, 1.54) is 0 Å². The molecule has 32 heavy (non-hydrogen) atoms. The van der Waals surface area contributed by atoms with Gasteiger partial charge in [-0.1, -0.05) is 0 Å². The van der Waals surface area contributed by atoms with Gasteiger partial charge in [0.1, 0.15) is 17.7 Å². The number of ether oxygens (including phenoxy) is 1.